The first-order valence-corrected chi connectivity index (χ1v) is 8.55. The van der Waals surface area contributed by atoms with Crippen LogP contribution < -0.4 is 5.32 Å². The maximum atomic E-state index is 12.8. The second-order valence-electron chi connectivity index (χ2n) is 6.06. The topological polar surface area (TPSA) is 42.0 Å². The van der Waals surface area contributed by atoms with Crippen molar-refractivity contribution in [3.8, 4) is 0 Å². The number of pyridine rings is 1. The quantitative estimate of drug-likeness (QED) is 0.630. The molecule has 1 aromatic heterocycles. The third-order valence-electron chi connectivity index (χ3n) is 4.04. The fourth-order valence-corrected chi connectivity index (χ4v) is 2.70. The SMILES string of the molecule is O=C(/C=C/c1cccc(C(F)(F)F)c1)NC(c1ccccc1)c1ccccn1. The zero-order chi connectivity index (χ0) is 20.0. The number of aromatic nitrogens is 1. The number of amides is 1. The molecule has 1 amide bonds. The average molecular weight is 382 g/mol. The summed E-state index contributed by atoms with van der Waals surface area (Å²) in [5, 5.41) is 2.85. The molecule has 0 aliphatic rings. The minimum atomic E-state index is -4.43. The van der Waals surface area contributed by atoms with Crippen LogP contribution in [0.2, 0.25) is 0 Å². The van der Waals surface area contributed by atoms with Crippen LogP contribution in [0.4, 0.5) is 13.2 Å². The van der Waals surface area contributed by atoms with E-state index in [0.717, 1.165) is 17.7 Å². The lowest BCUT2D eigenvalue weighted by Gasteiger charge is -2.18. The van der Waals surface area contributed by atoms with Gasteiger partial charge >= 0.3 is 6.18 Å². The molecule has 0 saturated carbocycles. The van der Waals surface area contributed by atoms with E-state index in [1.54, 1.807) is 18.3 Å². The van der Waals surface area contributed by atoms with E-state index in [4.69, 9.17) is 0 Å². The molecule has 0 aliphatic heterocycles. The first-order chi connectivity index (χ1) is 13.4. The van der Waals surface area contributed by atoms with Gasteiger partial charge in [0.15, 0.2) is 0 Å². The highest BCUT2D eigenvalue weighted by Gasteiger charge is 2.30. The number of hydrogen-bond acceptors (Lipinski definition) is 2. The Kier molecular flexibility index (Phi) is 5.89. The Morgan fingerprint density at radius 3 is 2.39 bits per heavy atom. The van der Waals surface area contributed by atoms with Crippen LogP contribution in [0.1, 0.15) is 28.4 Å². The van der Waals surface area contributed by atoms with Gasteiger partial charge in [0.05, 0.1) is 17.3 Å². The predicted molar refractivity (Wildman–Crippen MR) is 101 cm³/mol. The Balaban J connectivity index is 1.79. The Labute approximate surface area is 160 Å². The standard InChI is InChI=1S/C22H17F3N2O/c23-22(24,25)18-10-6-7-16(15-18)12-13-20(28)27-21(17-8-2-1-3-9-17)19-11-4-5-14-26-19/h1-15,21H,(H,27,28)/b13-12+. The van der Waals surface area contributed by atoms with Crippen molar-refractivity contribution in [2.45, 2.75) is 12.2 Å². The average Bonchev–Trinajstić information content (AvgIpc) is 2.71. The molecule has 1 unspecified atom stereocenters. The van der Waals surface area contributed by atoms with Crippen molar-refractivity contribution in [3.63, 3.8) is 0 Å². The first kappa shape index (κ1) is 19.4. The van der Waals surface area contributed by atoms with Crippen molar-refractivity contribution < 1.29 is 18.0 Å². The van der Waals surface area contributed by atoms with Gasteiger partial charge in [-0.1, -0.05) is 48.5 Å². The fourth-order valence-electron chi connectivity index (χ4n) is 2.70. The van der Waals surface area contributed by atoms with Crippen molar-refractivity contribution >= 4 is 12.0 Å². The molecule has 0 fully saturated rings. The Morgan fingerprint density at radius 2 is 1.71 bits per heavy atom. The molecule has 3 rings (SSSR count). The van der Waals surface area contributed by atoms with Crippen LogP contribution in [-0.2, 0) is 11.0 Å². The van der Waals surface area contributed by atoms with Gasteiger partial charge in [0.1, 0.15) is 0 Å². The highest BCUT2D eigenvalue weighted by atomic mass is 19.4. The zero-order valence-corrected chi connectivity index (χ0v) is 14.7. The zero-order valence-electron chi connectivity index (χ0n) is 14.7. The molecular weight excluding hydrogens is 365 g/mol. The van der Waals surface area contributed by atoms with Gasteiger partial charge in [0.2, 0.25) is 5.91 Å². The number of alkyl halides is 3. The molecule has 0 spiro atoms. The molecule has 142 valence electrons. The van der Waals surface area contributed by atoms with Gasteiger partial charge in [-0.2, -0.15) is 13.2 Å². The normalized spacial score (nSPS) is 12.7. The van der Waals surface area contributed by atoms with Crippen LogP contribution in [0, 0.1) is 0 Å². The smallest absolute Gasteiger partial charge is 0.340 e. The van der Waals surface area contributed by atoms with Gasteiger partial charge < -0.3 is 5.32 Å². The number of carbonyl (C=O) groups is 1. The van der Waals surface area contributed by atoms with E-state index >= 15 is 0 Å². The number of carbonyl (C=O) groups excluding carboxylic acids is 1. The van der Waals surface area contributed by atoms with Crippen molar-refractivity contribution in [2.24, 2.45) is 0 Å². The van der Waals surface area contributed by atoms with Crippen molar-refractivity contribution in [2.75, 3.05) is 0 Å². The highest BCUT2D eigenvalue weighted by Crippen LogP contribution is 2.29. The maximum Gasteiger partial charge on any atom is 0.416 e. The van der Waals surface area contributed by atoms with E-state index in [-0.39, 0.29) is 0 Å². The molecule has 1 atom stereocenters. The van der Waals surface area contributed by atoms with E-state index in [1.165, 1.54) is 24.3 Å². The van der Waals surface area contributed by atoms with E-state index < -0.39 is 23.7 Å². The third-order valence-corrected chi connectivity index (χ3v) is 4.04. The van der Waals surface area contributed by atoms with Crippen LogP contribution in [0.5, 0.6) is 0 Å². The lowest BCUT2D eigenvalue weighted by molar-refractivity contribution is -0.137. The van der Waals surface area contributed by atoms with Gasteiger partial charge in [-0.3, -0.25) is 9.78 Å². The molecule has 28 heavy (non-hydrogen) atoms. The van der Waals surface area contributed by atoms with Crippen LogP contribution in [0.25, 0.3) is 6.08 Å². The lowest BCUT2D eigenvalue weighted by Crippen LogP contribution is -2.28. The Hall–Kier alpha value is -3.41. The predicted octanol–water partition coefficient (Wildman–Crippen LogP) is 5.02. The monoisotopic (exact) mass is 382 g/mol. The molecule has 1 N–H and O–H groups in total. The molecule has 1 heterocycles. The summed E-state index contributed by atoms with van der Waals surface area (Å²) in [7, 11) is 0. The summed E-state index contributed by atoms with van der Waals surface area (Å²) < 4.78 is 38.4. The van der Waals surface area contributed by atoms with E-state index in [9.17, 15) is 18.0 Å². The summed E-state index contributed by atoms with van der Waals surface area (Å²) in [6, 6.07) is 19.1. The largest absolute Gasteiger partial charge is 0.416 e. The van der Waals surface area contributed by atoms with Gasteiger partial charge in [-0.15, -0.1) is 0 Å². The maximum absolute atomic E-state index is 12.8. The van der Waals surface area contributed by atoms with Crippen LogP contribution in [-0.4, -0.2) is 10.9 Å². The molecule has 3 aromatic rings. The van der Waals surface area contributed by atoms with Gasteiger partial charge in [0, 0.05) is 12.3 Å². The molecule has 0 aliphatic carbocycles. The summed E-state index contributed by atoms with van der Waals surface area (Å²) in [6.07, 6.45) is -0.223. The second-order valence-corrected chi connectivity index (χ2v) is 6.06. The van der Waals surface area contributed by atoms with E-state index in [1.807, 2.05) is 36.4 Å². The number of halogens is 3. The number of nitrogens with zero attached hydrogens (tertiary/aromatic N) is 1. The minimum absolute atomic E-state index is 0.291. The van der Waals surface area contributed by atoms with E-state index in [2.05, 4.69) is 10.3 Å². The summed E-state index contributed by atoms with van der Waals surface area (Å²) in [5.74, 6) is -0.433. The number of benzene rings is 2. The van der Waals surface area contributed by atoms with Crippen LogP contribution in [0.3, 0.4) is 0 Å². The molecule has 2 aromatic carbocycles. The molecule has 0 bridgehead atoms. The summed E-state index contributed by atoms with van der Waals surface area (Å²) in [5.41, 5.74) is 1.04. The minimum Gasteiger partial charge on any atom is -0.340 e. The molecule has 0 radical (unpaired) electrons. The lowest BCUT2D eigenvalue weighted by atomic mass is 10.0. The highest BCUT2D eigenvalue weighted by molar-refractivity contribution is 5.92. The van der Waals surface area contributed by atoms with Crippen LogP contribution >= 0.6 is 0 Å². The number of hydrogen-bond donors (Lipinski definition) is 1. The molecule has 3 nitrogen and oxygen atoms in total. The third kappa shape index (κ3) is 5.07. The molecular formula is C22H17F3N2O. The second kappa shape index (κ2) is 8.52. The van der Waals surface area contributed by atoms with Gasteiger partial charge in [0.25, 0.3) is 0 Å². The van der Waals surface area contributed by atoms with Gasteiger partial charge in [-0.25, -0.2) is 0 Å². The van der Waals surface area contributed by atoms with Crippen molar-refractivity contribution in [1.82, 2.24) is 10.3 Å². The molecule has 6 heteroatoms. The number of nitrogens with one attached hydrogen (secondary N) is 1. The summed E-state index contributed by atoms with van der Waals surface area (Å²) in [4.78, 5) is 16.7. The first-order valence-electron chi connectivity index (χ1n) is 8.55. The molecule has 0 saturated heterocycles. The number of rotatable bonds is 5. The summed E-state index contributed by atoms with van der Waals surface area (Å²) in [6.45, 7) is 0. The Bertz CT molecular complexity index is 915. The van der Waals surface area contributed by atoms with Crippen LogP contribution in [0.15, 0.2) is 85.1 Å². The fraction of sp³-hybridized carbons (Fsp3) is 0.0909. The van der Waals surface area contributed by atoms with Crippen molar-refractivity contribution in [3.05, 3.63) is 107 Å². The Morgan fingerprint density at radius 1 is 0.964 bits per heavy atom. The van der Waals surface area contributed by atoms with Gasteiger partial charge in [-0.05, 0) is 41.5 Å². The van der Waals surface area contributed by atoms with E-state index in [0.29, 0.717) is 11.3 Å². The van der Waals surface area contributed by atoms with Crippen molar-refractivity contribution in [1.29, 1.82) is 0 Å². The summed E-state index contributed by atoms with van der Waals surface area (Å²) >= 11 is 0.